The monoisotopic (exact) mass is 441 g/mol. The quantitative estimate of drug-likeness (QED) is 0.471. The summed E-state index contributed by atoms with van der Waals surface area (Å²) in [5.41, 5.74) is 1.88. The van der Waals surface area contributed by atoms with Crippen molar-refractivity contribution in [1.29, 1.82) is 0 Å². The van der Waals surface area contributed by atoms with E-state index >= 15 is 0 Å². The number of pyridine rings is 2. The van der Waals surface area contributed by atoms with Gasteiger partial charge in [0.1, 0.15) is 11.5 Å². The highest BCUT2D eigenvalue weighted by atomic mass is 16.5. The molecule has 0 saturated carbocycles. The molecule has 0 bridgehead atoms. The number of fused-ring (bicyclic) bond motifs is 1. The van der Waals surface area contributed by atoms with E-state index in [-0.39, 0.29) is 11.3 Å². The van der Waals surface area contributed by atoms with Crippen molar-refractivity contribution in [1.82, 2.24) is 9.55 Å². The Morgan fingerprint density at radius 1 is 0.970 bits per heavy atom. The van der Waals surface area contributed by atoms with Crippen LogP contribution in [0.25, 0.3) is 21.9 Å². The summed E-state index contributed by atoms with van der Waals surface area (Å²) < 4.78 is 6.80. The van der Waals surface area contributed by atoms with Gasteiger partial charge >= 0.3 is 5.97 Å². The average molecular weight is 441 g/mol. The molecule has 2 aromatic carbocycles. The number of anilines is 1. The summed E-state index contributed by atoms with van der Waals surface area (Å²) in [4.78, 5) is 43.1. The van der Waals surface area contributed by atoms with E-state index in [0.717, 1.165) is 11.1 Å². The number of nitrogens with one attached hydrogen (secondary N) is 1. The summed E-state index contributed by atoms with van der Waals surface area (Å²) in [6.45, 7) is 3.29. The van der Waals surface area contributed by atoms with E-state index in [2.05, 4.69) is 10.3 Å². The molecular weight excluding hydrogens is 418 g/mol. The van der Waals surface area contributed by atoms with E-state index in [0.29, 0.717) is 22.2 Å². The number of carbonyl (C=O) groups excluding carboxylic acids is 2. The van der Waals surface area contributed by atoms with E-state index < -0.39 is 18.0 Å². The topological polar surface area (TPSA) is 90.3 Å². The SMILES string of the molecule is Cc1cccnc1NC(=O)C(C)OC(=O)c1c(-c2ccccc2)c2ccccc2c(=O)n1C. The van der Waals surface area contributed by atoms with Crippen LogP contribution < -0.4 is 10.9 Å². The third kappa shape index (κ3) is 4.25. The lowest BCUT2D eigenvalue weighted by atomic mass is 9.97. The highest BCUT2D eigenvalue weighted by molar-refractivity contribution is 6.07. The molecule has 0 aliphatic heterocycles. The highest BCUT2D eigenvalue weighted by Crippen LogP contribution is 2.31. The molecule has 1 unspecified atom stereocenters. The van der Waals surface area contributed by atoms with Crippen molar-refractivity contribution in [2.24, 2.45) is 7.05 Å². The van der Waals surface area contributed by atoms with Gasteiger partial charge in [0.25, 0.3) is 11.5 Å². The Morgan fingerprint density at radius 2 is 1.64 bits per heavy atom. The van der Waals surface area contributed by atoms with Crippen molar-refractivity contribution in [2.75, 3.05) is 5.32 Å². The van der Waals surface area contributed by atoms with E-state index in [1.165, 1.54) is 18.5 Å². The second kappa shape index (κ2) is 9.08. The molecule has 4 aromatic rings. The molecule has 33 heavy (non-hydrogen) atoms. The predicted molar refractivity (Wildman–Crippen MR) is 127 cm³/mol. The fraction of sp³-hybridized carbons (Fsp3) is 0.154. The lowest BCUT2D eigenvalue weighted by Crippen LogP contribution is -2.33. The molecule has 1 atom stereocenters. The van der Waals surface area contributed by atoms with Crippen molar-refractivity contribution in [3.8, 4) is 11.1 Å². The zero-order valence-corrected chi connectivity index (χ0v) is 18.5. The molecule has 0 aliphatic rings. The lowest BCUT2D eigenvalue weighted by Gasteiger charge is -2.19. The standard InChI is InChI=1S/C26H23N3O4/c1-16-10-9-15-27-23(16)28-24(30)17(2)33-26(32)22-21(18-11-5-4-6-12-18)19-13-7-8-14-20(19)25(31)29(22)3/h4-15,17H,1-3H3,(H,27,28,30). The summed E-state index contributed by atoms with van der Waals surface area (Å²) in [7, 11) is 1.53. The van der Waals surface area contributed by atoms with Crippen molar-refractivity contribution in [3.05, 3.63) is 94.5 Å². The maximum Gasteiger partial charge on any atom is 0.356 e. The first-order valence-electron chi connectivity index (χ1n) is 10.5. The second-order valence-corrected chi connectivity index (χ2v) is 7.71. The fourth-order valence-corrected chi connectivity index (χ4v) is 3.71. The summed E-state index contributed by atoms with van der Waals surface area (Å²) in [5.74, 6) is -0.884. The van der Waals surface area contributed by atoms with Gasteiger partial charge in [-0.15, -0.1) is 0 Å². The maximum absolute atomic E-state index is 13.3. The number of esters is 1. The molecular formula is C26H23N3O4. The van der Waals surface area contributed by atoms with Gasteiger partial charge in [0, 0.05) is 24.2 Å². The Balaban J connectivity index is 1.74. The van der Waals surface area contributed by atoms with E-state index in [9.17, 15) is 14.4 Å². The van der Waals surface area contributed by atoms with Crippen molar-refractivity contribution < 1.29 is 14.3 Å². The third-order valence-electron chi connectivity index (χ3n) is 5.46. The molecule has 0 aliphatic carbocycles. The summed E-state index contributed by atoms with van der Waals surface area (Å²) in [5, 5.41) is 3.80. The Kier molecular flexibility index (Phi) is 6.04. The van der Waals surface area contributed by atoms with E-state index in [1.54, 1.807) is 30.5 Å². The van der Waals surface area contributed by atoms with Gasteiger partial charge in [-0.1, -0.05) is 54.6 Å². The Labute approximate surface area is 190 Å². The molecule has 0 radical (unpaired) electrons. The van der Waals surface area contributed by atoms with Crippen LogP contribution in [-0.2, 0) is 16.6 Å². The van der Waals surface area contributed by atoms with E-state index in [4.69, 9.17) is 4.74 Å². The van der Waals surface area contributed by atoms with Crippen LogP contribution in [0.3, 0.4) is 0 Å². The van der Waals surface area contributed by atoms with Gasteiger partial charge in [-0.25, -0.2) is 9.78 Å². The number of hydrogen-bond acceptors (Lipinski definition) is 5. The number of ether oxygens (including phenoxy) is 1. The Bertz CT molecular complexity index is 1410. The van der Waals surface area contributed by atoms with E-state index in [1.807, 2.05) is 49.4 Å². The minimum absolute atomic E-state index is 0.0820. The van der Waals surface area contributed by atoms with Crippen molar-refractivity contribution in [2.45, 2.75) is 20.0 Å². The van der Waals surface area contributed by atoms with Gasteiger partial charge in [0.15, 0.2) is 6.10 Å². The predicted octanol–water partition coefficient (Wildman–Crippen LogP) is 4.09. The minimum Gasteiger partial charge on any atom is -0.448 e. The first-order chi connectivity index (χ1) is 15.9. The molecule has 7 nitrogen and oxygen atoms in total. The second-order valence-electron chi connectivity index (χ2n) is 7.71. The first-order valence-corrected chi connectivity index (χ1v) is 10.5. The number of hydrogen-bond donors (Lipinski definition) is 1. The Morgan fingerprint density at radius 3 is 2.33 bits per heavy atom. The Hall–Kier alpha value is -4.26. The van der Waals surface area contributed by atoms with Gasteiger partial charge in [-0.2, -0.15) is 0 Å². The van der Waals surface area contributed by atoms with Gasteiger partial charge in [0.05, 0.1) is 0 Å². The summed E-state index contributed by atoms with van der Waals surface area (Å²) in [6.07, 6.45) is 0.458. The zero-order valence-electron chi connectivity index (χ0n) is 18.5. The van der Waals surface area contributed by atoms with Crippen LogP contribution in [0.15, 0.2) is 77.7 Å². The van der Waals surface area contributed by atoms with Crippen molar-refractivity contribution >= 4 is 28.5 Å². The number of carbonyl (C=O) groups is 2. The van der Waals surface area contributed by atoms with Gasteiger partial charge in [-0.05, 0) is 42.5 Å². The van der Waals surface area contributed by atoms with Crippen LogP contribution in [0.4, 0.5) is 5.82 Å². The molecule has 0 spiro atoms. The number of amides is 1. The maximum atomic E-state index is 13.3. The molecule has 166 valence electrons. The largest absolute Gasteiger partial charge is 0.448 e. The fourth-order valence-electron chi connectivity index (χ4n) is 3.71. The molecule has 7 heteroatoms. The minimum atomic E-state index is -1.11. The zero-order chi connectivity index (χ0) is 23.5. The number of benzene rings is 2. The van der Waals surface area contributed by atoms with Gasteiger partial charge in [-0.3, -0.25) is 9.59 Å². The third-order valence-corrected chi connectivity index (χ3v) is 5.46. The van der Waals surface area contributed by atoms with Crippen molar-refractivity contribution in [3.63, 3.8) is 0 Å². The highest BCUT2D eigenvalue weighted by Gasteiger charge is 2.26. The number of aromatic nitrogens is 2. The average Bonchev–Trinajstić information content (AvgIpc) is 2.83. The normalized spacial score (nSPS) is 11.7. The van der Waals surface area contributed by atoms with Crippen LogP contribution in [0.1, 0.15) is 23.0 Å². The smallest absolute Gasteiger partial charge is 0.356 e. The summed E-state index contributed by atoms with van der Waals surface area (Å²) in [6, 6.07) is 20.0. The number of nitrogens with zero attached hydrogens (tertiary/aromatic N) is 2. The molecule has 1 amide bonds. The lowest BCUT2D eigenvalue weighted by molar-refractivity contribution is -0.123. The summed E-state index contributed by atoms with van der Waals surface area (Å²) >= 11 is 0. The van der Waals surface area contributed by atoms with Crippen LogP contribution >= 0.6 is 0 Å². The van der Waals surface area contributed by atoms with Gasteiger partial charge in [0.2, 0.25) is 0 Å². The first kappa shape index (κ1) is 22.0. The van der Waals surface area contributed by atoms with Crippen LogP contribution in [-0.4, -0.2) is 27.5 Å². The van der Waals surface area contributed by atoms with Crippen LogP contribution in [0.2, 0.25) is 0 Å². The number of rotatable bonds is 5. The van der Waals surface area contributed by atoms with Gasteiger partial charge < -0.3 is 14.6 Å². The molecule has 2 heterocycles. The molecule has 0 saturated heterocycles. The molecule has 0 fully saturated rings. The molecule has 4 rings (SSSR count). The van der Waals surface area contributed by atoms with Crippen LogP contribution in [0.5, 0.6) is 0 Å². The molecule has 2 aromatic heterocycles. The molecule has 1 N–H and O–H groups in total. The number of aryl methyl sites for hydroxylation is 1. The van der Waals surface area contributed by atoms with Crippen LogP contribution in [0, 0.1) is 6.92 Å².